The first kappa shape index (κ1) is 19.2. The molecular formula is C21H26N8. The Bertz CT molecular complexity index is 1100. The maximum atomic E-state index is 5.80. The zero-order valence-corrected chi connectivity index (χ0v) is 17.1. The Morgan fingerprint density at radius 3 is 2.76 bits per heavy atom. The number of nitrogens with one attached hydrogen (secondary N) is 1. The molecule has 0 atom stereocenters. The van der Waals surface area contributed by atoms with Gasteiger partial charge in [-0.05, 0) is 32.6 Å². The second-order valence-electron chi connectivity index (χ2n) is 7.34. The lowest BCUT2D eigenvalue weighted by molar-refractivity contribution is 0.373. The SMILES string of the molecule is CCc1cc(-c2c[nH]c3ncc(-c4cnn(CCN(C)C)c4)cc23)nc(CN)n1. The fourth-order valence-corrected chi connectivity index (χ4v) is 3.27. The summed E-state index contributed by atoms with van der Waals surface area (Å²) in [6.07, 6.45) is 8.60. The van der Waals surface area contributed by atoms with Gasteiger partial charge in [0.15, 0.2) is 0 Å². The van der Waals surface area contributed by atoms with Gasteiger partial charge in [0.1, 0.15) is 11.5 Å². The summed E-state index contributed by atoms with van der Waals surface area (Å²) < 4.78 is 1.96. The van der Waals surface area contributed by atoms with Crippen LogP contribution in [0.25, 0.3) is 33.4 Å². The molecule has 4 aromatic heterocycles. The first-order valence-corrected chi connectivity index (χ1v) is 9.79. The van der Waals surface area contributed by atoms with Crippen LogP contribution in [0, 0.1) is 0 Å². The molecule has 0 aromatic carbocycles. The minimum absolute atomic E-state index is 0.318. The average molecular weight is 390 g/mol. The number of hydrogen-bond donors (Lipinski definition) is 2. The summed E-state index contributed by atoms with van der Waals surface area (Å²) in [5, 5.41) is 5.50. The highest BCUT2D eigenvalue weighted by Crippen LogP contribution is 2.30. The molecule has 0 spiro atoms. The molecule has 4 heterocycles. The smallest absolute Gasteiger partial charge is 0.142 e. The molecule has 0 aliphatic rings. The van der Waals surface area contributed by atoms with E-state index >= 15 is 0 Å². The van der Waals surface area contributed by atoms with Gasteiger partial charge >= 0.3 is 0 Å². The summed E-state index contributed by atoms with van der Waals surface area (Å²) in [7, 11) is 4.12. The molecule has 0 aliphatic heterocycles. The Kier molecular flexibility index (Phi) is 5.37. The van der Waals surface area contributed by atoms with Crippen molar-refractivity contribution in [2.24, 2.45) is 5.73 Å². The summed E-state index contributed by atoms with van der Waals surface area (Å²) in [6.45, 7) is 4.19. The Morgan fingerprint density at radius 2 is 2.00 bits per heavy atom. The van der Waals surface area contributed by atoms with Crippen molar-refractivity contribution >= 4 is 11.0 Å². The summed E-state index contributed by atoms with van der Waals surface area (Å²) in [4.78, 5) is 19.1. The van der Waals surface area contributed by atoms with E-state index in [2.05, 4.69) is 63.2 Å². The average Bonchev–Trinajstić information content (AvgIpc) is 3.38. The number of rotatable bonds is 7. The molecular weight excluding hydrogens is 364 g/mol. The summed E-state index contributed by atoms with van der Waals surface area (Å²) in [6, 6.07) is 4.16. The molecule has 8 heteroatoms. The number of aromatic amines is 1. The quantitative estimate of drug-likeness (QED) is 0.503. The zero-order chi connectivity index (χ0) is 20.4. The van der Waals surface area contributed by atoms with Gasteiger partial charge in [0.05, 0.1) is 25.0 Å². The van der Waals surface area contributed by atoms with Crippen molar-refractivity contribution < 1.29 is 0 Å². The maximum Gasteiger partial charge on any atom is 0.142 e. The minimum Gasteiger partial charge on any atom is -0.345 e. The lowest BCUT2D eigenvalue weighted by Gasteiger charge is -2.08. The number of hydrogen-bond acceptors (Lipinski definition) is 6. The third-order valence-electron chi connectivity index (χ3n) is 4.92. The summed E-state index contributed by atoms with van der Waals surface area (Å²) >= 11 is 0. The van der Waals surface area contributed by atoms with E-state index in [0.717, 1.165) is 58.6 Å². The number of nitrogens with two attached hydrogens (primary N) is 1. The van der Waals surface area contributed by atoms with Crippen molar-refractivity contribution in [2.75, 3.05) is 20.6 Å². The van der Waals surface area contributed by atoms with E-state index in [1.807, 2.05) is 29.3 Å². The first-order valence-electron chi connectivity index (χ1n) is 9.79. The molecule has 150 valence electrons. The predicted octanol–water partition coefficient (Wildman–Crippen LogP) is 2.47. The molecule has 4 aromatic rings. The van der Waals surface area contributed by atoms with Gasteiger partial charge in [-0.1, -0.05) is 6.92 Å². The lowest BCUT2D eigenvalue weighted by atomic mass is 10.1. The van der Waals surface area contributed by atoms with Crippen LogP contribution in [0.2, 0.25) is 0 Å². The highest BCUT2D eigenvalue weighted by molar-refractivity contribution is 5.94. The van der Waals surface area contributed by atoms with E-state index in [0.29, 0.717) is 12.4 Å². The van der Waals surface area contributed by atoms with Crippen LogP contribution in [-0.2, 0) is 19.5 Å². The highest BCUT2D eigenvalue weighted by Gasteiger charge is 2.13. The Morgan fingerprint density at radius 1 is 1.14 bits per heavy atom. The predicted molar refractivity (Wildman–Crippen MR) is 114 cm³/mol. The van der Waals surface area contributed by atoms with E-state index < -0.39 is 0 Å². The topological polar surface area (TPSA) is 102 Å². The van der Waals surface area contributed by atoms with E-state index in [9.17, 15) is 0 Å². The molecule has 0 bridgehead atoms. The number of fused-ring (bicyclic) bond motifs is 1. The Labute approximate surface area is 169 Å². The summed E-state index contributed by atoms with van der Waals surface area (Å²) in [5.74, 6) is 0.653. The number of likely N-dealkylation sites (N-methyl/N-ethyl adjacent to an activating group) is 1. The van der Waals surface area contributed by atoms with Crippen molar-refractivity contribution in [1.29, 1.82) is 0 Å². The van der Waals surface area contributed by atoms with E-state index in [-0.39, 0.29) is 0 Å². The Hall–Kier alpha value is -3.10. The van der Waals surface area contributed by atoms with Crippen LogP contribution >= 0.6 is 0 Å². The van der Waals surface area contributed by atoms with Gasteiger partial charge in [-0.3, -0.25) is 4.68 Å². The lowest BCUT2D eigenvalue weighted by Crippen LogP contribution is -2.18. The Balaban J connectivity index is 1.72. The second kappa shape index (κ2) is 8.10. The number of aromatic nitrogens is 6. The van der Waals surface area contributed by atoms with Crippen molar-refractivity contribution in [2.45, 2.75) is 26.4 Å². The molecule has 0 amide bonds. The molecule has 0 saturated carbocycles. The van der Waals surface area contributed by atoms with Gasteiger partial charge in [-0.15, -0.1) is 0 Å². The van der Waals surface area contributed by atoms with Crippen LogP contribution < -0.4 is 5.73 Å². The molecule has 29 heavy (non-hydrogen) atoms. The fraction of sp³-hybridized carbons (Fsp3) is 0.333. The molecule has 8 nitrogen and oxygen atoms in total. The van der Waals surface area contributed by atoms with Gasteiger partial charge in [0.25, 0.3) is 0 Å². The van der Waals surface area contributed by atoms with E-state index in [1.54, 1.807) is 0 Å². The standard InChI is InChI=1S/C21H26N8/c1-4-16-8-19(27-20(9-22)26-16)18-12-24-21-17(18)7-14(10-23-21)15-11-25-29(13-15)6-5-28(2)3/h7-8,10-13H,4-6,9,22H2,1-3H3,(H,23,24). The van der Waals surface area contributed by atoms with Crippen LogP contribution in [0.3, 0.4) is 0 Å². The van der Waals surface area contributed by atoms with Gasteiger partial charge in [0, 0.05) is 52.9 Å². The first-order chi connectivity index (χ1) is 14.1. The van der Waals surface area contributed by atoms with Crippen molar-refractivity contribution in [3.8, 4) is 22.4 Å². The van der Waals surface area contributed by atoms with Gasteiger partial charge in [-0.2, -0.15) is 5.10 Å². The molecule has 0 aliphatic carbocycles. The van der Waals surface area contributed by atoms with Crippen LogP contribution in [-0.4, -0.2) is 55.3 Å². The molecule has 4 rings (SSSR count). The zero-order valence-electron chi connectivity index (χ0n) is 17.1. The molecule has 0 fully saturated rings. The third-order valence-corrected chi connectivity index (χ3v) is 4.92. The van der Waals surface area contributed by atoms with E-state index in [4.69, 9.17) is 5.73 Å². The van der Waals surface area contributed by atoms with Gasteiger partial charge in [0.2, 0.25) is 0 Å². The highest BCUT2D eigenvalue weighted by atomic mass is 15.3. The summed E-state index contributed by atoms with van der Waals surface area (Å²) in [5.41, 5.74) is 11.5. The van der Waals surface area contributed by atoms with Gasteiger partial charge in [-0.25, -0.2) is 15.0 Å². The molecule has 0 unspecified atom stereocenters. The second-order valence-corrected chi connectivity index (χ2v) is 7.34. The van der Waals surface area contributed by atoms with Crippen LogP contribution in [0.4, 0.5) is 0 Å². The maximum absolute atomic E-state index is 5.80. The number of H-pyrrole nitrogens is 1. The third kappa shape index (κ3) is 4.03. The van der Waals surface area contributed by atoms with Crippen molar-refractivity contribution in [3.63, 3.8) is 0 Å². The number of pyridine rings is 1. The fourth-order valence-electron chi connectivity index (χ4n) is 3.27. The van der Waals surface area contributed by atoms with Crippen molar-refractivity contribution in [3.05, 3.63) is 48.4 Å². The molecule has 3 N–H and O–H groups in total. The largest absolute Gasteiger partial charge is 0.345 e. The normalized spacial score (nSPS) is 11.6. The van der Waals surface area contributed by atoms with Crippen molar-refractivity contribution in [1.82, 2.24) is 34.6 Å². The van der Waals surface area contributed by atoms with Crippen LogP contribution in [0.1, 0.15) is 18.4 Å². The monoisotopic (exact) mass is 390 g/mol. The number of aryl methyl sites for hydroxylation is 1. The van der Waals surface area contributed by atoms with Crippen LogP contribution in [0.15, 0.2) is 36.9 Å². The molecule has 0 radical (unpaired) electrons. The minimum atomic E-state index is 0.318. The van der Waals surface area contributed by atoms with Gasteiger partial charge < -0.3 is 15.6 Å². The molecule has 0 saturated heterocycles. The van der Waals surface area contributed by atoms with E-state index in [1.165, 1.54) is 0 Å². The van der Waals surface area contributed by atoms with Crippen LogP contribution in [0.5, 0.6) is 0 Å². The number of nitrogens with zero attached hydrogens (tertiary/aromatic N) is 6.